The van der Waals surface area contributed by atoms with E-state index in [1.165, 1.54) is 0 Å². The molecule has 5 nitrogen and oxygen atoms in total. The van der Waals surface area contributed by atoms with Crippen LogP contribution in [0.3, 0.4) is 0 Å². The Balaban J connectivity index is 1.60. The van der Waals surface area contributed by atoms with E-state index in [9.17, 15) is 9.59 Å². The number of halogens is 1. The van der Waals surface area contributed by atoms with Crippen LogP contribution in [0.25, 0.3) is 0 Å². The second-order valence-corrected chi connectivity index (χ2v) is 6.79. The van der Waals surface area contributed by atoms with Crippen LogP contribution >= 0.6 is 11.6 Å². The molecule has 0 radical (unpaired) electrons. The molecule has 2 heterocycles. The highest BCUT2D eigenvalue weighted by atomic mass is 35.5. The third-order valence-corrected chi connectivity index (χ3v) is 4.78. The van der Waals surface area contributed by atoms with Crippen LogP contribution in [0, 0.1) is 6.92 Å². The quantitative estimate of drug-likeness (QED) is 0.776. The summed E-state index contributed by atoms with van der Waals surface area (Å²) in [7, 11) is 0. The molecule has 4 rings (SSSR count). The molecule has 2 aliphatic rings. The van der Waals surface area contributed by atoms with E-state index >= 15 is 0 Å². The molecule has 2 amide bonds. The number of hydrogen-bond donors (Lipinski definition) is 0. The topological polar surface area (TPSA) is 59.0 Å². The fourth-order valence-electron chi connectivity index (χ4n) is 3.16. The van der Waals surface area contributed by atoms with Crippen molar-refractivity contribution < 1.29 is 14.4 Å². The number of aryl methyl sites for hydroxylation is 1. The average Bonchev–Trinajstić information content (AvgIpc) is 3.12. The van der Waals surface area contributed by atoms with E-state index in [0.29, 0.717) is 16.4 Å². The summed E-state index contributed by atoms with van der Waals surface area (Å²) < 4.78 is 0. The van der Waals surface area contributed by atoms with Crippen molar-refractivity contribution in [3.05, 3.63) is 64.7 Å². The summed E-state index contributed by atoms with van der Waals surface area (Å²) in [5.74, 6) is -0.682. The summed E-state index contributed by atoms with van der Waals surface area (Å²) in [4.78, 5) is 32.1. The molecule has 25 heavy (non-hydrogen) atoms. The zero-order chi connectivity index (χ0) is 17.6. The lowest BCUT2D eigenvalue weighted by Gasteiger charge is -2.19. The summed E-state index contributed by atoms with van der Waals surface area (Å²) in [6.45, 7) is 2.00. The SMILES string of the molecule is Cc1ccc(C2=NOC3(CC(=O)N(c4ccc(Cl)cc4)C3=O)C2)cc1. The molecule has 6 heteroatoms. The van der Waals surface area contributed by atoms with Crippen LogP contribution in [-0.2, 0) is 14.4 Å². The molecule has 0 aliphatic carbocycles. The molecular weight excluding hydrogens is 340 g/mol. The molecule has 1 fully saturated rings. The van der Waals surface area contributed by atoms with Crippen molar-refractivity contribution in [3.63, 3.8) is 0 Å². The number of carbonyl (C=O) groups is 2. The predicted octanol–water partition coefficient (Wildman–Crippen LogP) is 3.48. The van der Waals surface area contributed by atoms with Crippen LogP contribution in [-0.4, -0.2) is 23.1 Å². The van der Waals surface area contributed by atoms with Crippen LogP contribution in [0.1, 0.15) is 24.0 Å². The molecule has 0 aromatic heterocycles. The summed E-state index contributed by atoms with van der Waals surface area (Å²) >= 11 is 5.88. The number of rotatable bonds is 2. The standard InChI is InChI=1S/C19H15ClN2O3/c1-12-2-4-13(5-3-12)16-10-19(25-21-16)11-17(23)22(18(19)24)15-8-6-14(20)7-9-15/h2-9H,10-11H2,1H3. The van der Waals surface area contributed by atoms with E-state index in [4.69, 9.17) is 16.4 Å². The van der Waals surface area contributed by atoms with Gasteiger partial charge in [-0.1, -0.05) is 46.6 Å². The lowest BCUT2D eigenvalue weighted by molar-refractivity contribution is -0.136. The third-order valence-electron chi connectivity index (χ3n) is 4.53. The number of amides is 2. The first-order valence-electron chi connectivity index (χ1n) is 7.94. The molecular formula is C19H15ClN2O3. The van der Waals surface area contributed by atoms with E-state index in [1.807, 2.05) is 31.2 Å². The van der Waals surface area contributed by atoms with Gasteiger partial charge in [0.25, 0.3) is 5.91 Å². The summed E-state index contributed by atoms with van der Waals surface area (Å²) in [5.41, 5.74) is 1.96. The molecule has 2 aromatic rings. The highest BCUT2D eigenvalue weighted by molar-refractivity contribution is 6.31. The van der Waals surface area contributed by atoms with Crippen LogP contribution in [0.15, 0.2) is 53.7 Å². The van der Waals surface area contributed by atoms with Gasteiger partial charge in [-0.3, -0.25) is 9.59 Å². The van der Waals surface area contributed by atoms with Crippen molar-refractivity contribution in [2.75, 3.05) is 4.90 Å². The van der Waals surface area contributed by atoms with Crippen molar-refractivity contribution in [1.82, 2.24) is 0 Å². The zero-order valence-corrected chi connectivity index (χ0v) is 14.3. The largest absolute Gasteiger partial charge is 0.378 e. The maximum atomic E-state index is 12.9. The van der Waals surface area contributed by atoms with Gasteiger partial charge in [0.05, 0.1) is 17.8 Å². The number of carbonyl (C=O) groups excluding carboxylic acids is 2. The lowest BCUT2D eigenvalue weighted by Crippen LogP contribution is -2.40. The lowest BCUT2D eigenvalue weighted by atomic mass is 9.92. The van der Waals surface area contributed by atoms with Crippen LogP contribution in [0.4, 0.5) is 5.69 Å². The summed E-state index contributed by atoms with van der Waals surface area (Å²) in [6, 6.07) is 14.4. The van der Waals surface area contributed by atoms with Crippen molar-refractivity contribution in [2.45, 2.75) is 25.4 Å². The van der Waals surface area contributed by atoms with Gasteiger partial charge in [0.2, 0.25) is 11.5 Å². The Morgan fingerprint density at radius 3 is 2.40 bits per heavy atom. The second kappa shape index (κ2) is 5.70. The number of anilines is 1. The van der Waals surface area contributed by atoms with Gasteiger partial charge < -0.3 is 4.84 Å². The Morgan fingerprint density at radius 1 is 1.04 bits per heavy atom. The smallest absolute Gasteiger partial charge is 0.281 e. The van der Waals surface area contributed by atoms with Crippen LogP contribution < -0.4 is 4.90 Å². The Labute approximate surface area is 149 Å². The Hall–Kier alpha value is -2.66. The molecule has 126 valence electrons. The molecule has 2 aromatic carbocycles. The summed E-state index contributed by atoms with van der Waals surface area (Å²) in [6.07, 6.45) is 0.262. The minimum Gasteiger partial charge on any atom is -0.378 e. The minimum atomic E-state index is -1.24. The monoisotopic (exact) mass is 354 g/mol. The molecule has 1 unspecified atom stereocenters. The molecule has 1 saturated heterocycles. The number of imide groups is 1. The highest BCUT2D eigenvalue weighted by Gasteiger charge is 2.58. The second-order valence-electron chi connectivity index (χ2n) is 6.35. The van der Waals surface area contributed by atoms with Gasteiger partial charge in [-0.15, -0.1) is 0 Å². The van der Waals surface area contributed by atoms with Crippen molar-refractivity contribution in [1.29, 1.82) is 0 Å². The minimum absolute atomic E-state index is 0.0205. The Kier molecular flexibility index (Phi) is 3.62. The first kappa shape index (κ1) is 15.8. The van der Waals surface area contributed by atoms with Crippen molar-refractivity contribution in [3.8, 4) is 0 Å². The molecule has 2 aliphatic heterocycles. The first-order chi connectivity index (χ1) is 12.0. The van der Waals surface area contributed by atoms with Gasteiger partial charge in [-0.05, 0) is 36.8 Å². The molecule has 0 saturated carbocycles. The number of oxime groups is 1. The normalized spacial score (nSPS) is 22.5. The third kappa shape index (κ3) is 2.61. The molecule has 1 atom stereocenters. The molecule has 0 bridgehead atoms. The fourth-order valence-corrected chi connectivity index (χ4v) is 3.28. The number of nitrogens with zero attached hydrogens (tertiary/aromatic N) is 2. The van der Waals surface area contributed by atoms with Gasteiger partial charge in [-0.25, -0.2) is 4.90 Å². The molecule has 1 spiro atoms. The van der Waals surface area contributed by atoms with Gasteiger partial charge in [0.1, 0.15) is 0 Å². The highest BCUT2D eigenvalue weighted by Crippen LogP contribution is 2.39. The van der Waals surface area contributed by atoms with Crippen molar-refractivity contribution >= 4 is 34.8 Å². The fraction of sp³-hybridized carbons (Fsp3) is 0.211. The number of benzene rings is 2. The van der Waals surface area contributed by atoms with E-state index in [-0.39, 0.29) is 24.7 Å². The maximum absolute atomic E-state index is 12.9. The van der Waals surface area contributed by atoms with E-state index in [2.05, 4.69) is 5.16 Å². The number of hydrogen-bond acceptors (Lipinski definition) is 4. The average molecular weight is 355 g/mol. The summed E-state index contributed by atoms with van der Waals surface area (Å²) in [5, 5.41) is 4.64. The Morgan fingerprint density at radius 2 is 1.72 bits per heavy atom. The van der Waals surface area contributed by atoms with Gasteiger partial charge >= 0.3 is 0 Å². The van der Waals surface area contributed by atoms with E-state index in [1.54, 1.807) is 24.3 Å². The Bertz CT molecular complexity index is 890. The van der Waals surface area contributed by atoms with Gasteiger partial charge in [0, 0.05) is 11.4 Å². The van der Waals surface area contributed by atoms with Crippen LogP contribution in [0.5, 0.6) is 0 Å². The van der Waals surface area contributed by atoms with Crippen LogP contribution in [0.2, 0.25) is 5.02 Å². The first-order valence-corrected chi connectivity index (χ1v) is 8.31. The van der Waals surface area contributed by atoms with E-state index < -0.39 is 5.60 Å². The predicted molar refractivity (Wildman–Crippen MR) is 94.7 cm³/mol. The van der Waals surface area contributed by atoms with Gasteiger partial charge in [-0.2, -0.15) is 0 Å². The maximum Gasteiger partial charge on any atom is 0.281 e. The van der Waals surface area contributed by atoms with Gasteiger partial charge in [0.15, 0.2) is 0 Å². The van der Waals surface area contributed by atoms with E-state index in [0.717, 1.165) is 16.0 Å². The molecule has 0 N–H and O–H groups in total. The zero-order valence-electron chi connectivity index (χ0n) is 13.5. The van der Waals surface area contributed by atoms with Crippen molar-refractivity contribution in [2.24, 2.45) is 5.16 Å².